The number of hydrogen-bond donors (Lipinski definition) is 4. The molecule has 0 aromatic heterocycles. The second-order valence-electron chi connectivity index (χ2n) is 10.1. The number of aliphatic hydroxyl groups excluding tert-OH is 2. The lowest BCUT2D eigenvalue weighted by molar-refractivity contribution is -0.134. The van der Waals surface area contributed by atoms with Gasteiger partial charge in [-0.3, -0.25) is 14.4 Å². The first kappa shape index (κ1) is 24.9. The molecule has 2 aliphatic carbocycles. The lowest BCUT2D eigenvalue weighted by Gasteiger charge is -2.36. The third kappa shape index (κ3) is 6.17. The number of ketones is 1. The number of fused-ring (bicyclic) bond motifs is 1. The van der Waals surface area contributed by atoms with E-state index in [0.29, 0.717) is 12.3 Å². The minimum atomic E-state index is -1.24. The Balaban J connectivity index is 1.58. The molecule has 0 bridgehead atoms. The highest BCUT2D eigenvalue weighted by Crippen LogP contribution is 2.42. The Labute approximate surface area is 190 Å². The van der Waals surface area contributed by atoms with Crippen molar-refractivity contribution in [1.29, 1.82) is 0 Å². The summed E-state index contributed by atoms with van der Waals surface area (Å²) in [5, 5.41) is 24.4. The Bertz CT molecular complexity index is 730. The van der Waals surface area contributed by atoms with Gasteiger partial charge in [0, 0.05) is 6.08 Å². The van der Waals surface area contributed by atoms with Gasteiger partial charge in [0.15, 0.2) is 11.4 Å². The van der Waals surface area contributed by atoms with Crippen LogP contribution in [0.15, 0.2) is 11.6 Å². The molecule has 1 heterocycles. The maximum Gasteiger partial charge on any atom is 0.245 e. The normalized spacial score (nSPS) is 30.3. The highest BCUT2D eigenvalue weighted by Gasteiger charge is 2.54. The molecule has 0 aromatic carbocycles. The van der Waals surface area contributed by atoms with Gasteiger partial charge in [-0.25, -0.2) is 0 Å². The number of epoxide rings is 1. The van der Waals surface area contributed by atoms with Crippen LogP contribution < -0.4 is 10.6 Å². The molecule has 2 unspecified atom stereocenters. The third-order valence-corrected chi connectivity index (χ3v) is 7.12. The Morgan fingerprint density at radius 3 is 2.38 bits per heavy atom. The number of ether oxygens (including phenoxy) is 1. The molecule has 4 N–H and O–H groups in total. The Kier molecular flexibility index (Phi) is 8.47. The fourth-order valence-electron chi connectivity index (χ4n) is 5.16. The van der Waals surface area contributed by atoms with Crippen LogP contribution in [0.4, 0.5) is 0 Å². The molecule has 3 aliphatic rings. The third-order valence-electron chi connectivity index (χ3n) is 7.12. The van der Waals surface area contributed by atoms with Crippen molar-refractivity contribution < 1.29 is 29.3 Å². The first-order chi connectivity index (χ1) is 15.3. The van der Waals surface area contributed by atoms with Crippen LogP contribution in [0.3, 0.4) is 0 Å². The van der Waals surface area contributed by atoms with Gasteiger partial charge in [0.25, 0.3) is 0 Å². The Hall–Kier alpha value is -1.77. The molecule has 0 radical (unpaired) electrons. The number of allylic oxidation sites excluding steroid dienone is 1. The van der Waals surface area contributed by atoms with Crippen molar-refractivity contribution in [3.05, 3.63) is 11.6 Å². The van der Waals surface area contributed by atoms with Crippen LogP contribution >= 0.6 is 0 Å². The Morgan fingerprint density at radius 2 is 1.78 bits per heavy atom. The molecule has 8 heteroatoms. The zero-order chi connectivity index (χ0) is 23.3. The molecule has 8 nitrogen and oxygen atoms in total. The summed E-state index contributed by atoms with van der Waals surface area (Å²) in [5.74, 6) is 0.139. The average Bonchev–Trinajstić information content (AvgIpc) is 3.57. The first-order valence-electron chi connectivity index (χ1n) is 12.0. The van der Waals surface area contributed by atoms with Crippen LogP contribution in [0.5, 0.6) is 0 Å². The van der Waals surface area contributed by atoms with E-state index in [4.69, 9.17) is 4.74 Å². The van der Waals surface area contributed by atoms with Gasteiger partial charge in [0.2, 0.25) is 11.8 Å². The number of nitrogens with one attached hydrogen (secondary N) is 2. The highest BCUT2D eigenvalue weighted by molar-refractivity contribution is 5.99. The summed E-state index contributed by atoms with van der Waals surface area (Å²) in [6, 6.07) is -2.01. The number of hydrogen-bond acceptors (Lipinski definition) is 6. The van der Waals surface area contributed by atoms with Crippen molar-refractivity contribution in [3.8, 4) is 0 Å². The van der Waals surface area contributed by atoms with Crippen molar-refractivity contribution in [1.82, 2.24) is 10.6 Å². The fourth-order valence-corrected chi connectivity index (χ4v) is 5.16. The maximum absolute atomic E-state index is 12.8. The summed E-state index contributed by atoms with van der Waals surface area (Å²) in [7, 11) is 0. The van der Waals surface area contributed by atoms with Crippen LogP contribution in [0, 0.1) is 17.8 Å². The van der Waals surface area contributed by atoms with Crippen molar-refractivity contribution >= 4 is 17.6 Å². The number of carbonyl (C=O) groups is 3. The quantitative estimate of drug-likeness (QED) is 0.293. The molecule has 1 aliphatic heterocycles. The van der Waals surface area contributed by atoms with Crippen LogP contribution in [0.25, 0.3) is 0 Å². The van der Waals surface area contributed by atoms with E-state index in [1.165, 1.54) is 25.7 Å². The fraction of sp³-hybridized carbons (Fsp3) is 0.792. The van der Waals surface area contributed by atoms with Crippen molar-refractivity contribution in [2.24, 2.45) is 17.8 Å². The number of carbonyl (C=O) groups excluding carboxylic acids is 3. The van der Waals surface area contributed by atoms with Crippen molar-refractivity contribution in [2.45, 2.75) is 82.9 Å². The lowest BCUT2D eigenvalue weighted by atomic mass is 9.69. The summed E-state index contributed by atoms with van der Waals surface area (Å²) in [6.45, 7) is 2.96. The zero-order valence-corrected chi connectivity index (χ0v) is 19.3. The standard InChI is InChI=1S/C24H38N2O6/c1-15(2)9-19(22(30)24(13-28)14-32-24)26-23(31)20(12-27)25-21(29)11-16-7-8-17-5-3-4-6-18(17)10-16/h11,15,17-20,27-28H,3-10,12-14H2,1-2H3,(H,25,29)(H,26,31)/b16-11+/t17?,18?,19-,20-,24+/m0/s1. The van der Waals surface area contributed by atoms with E-state index in [1.54, 1.807) is 6.08 Å². The van der Waals surface area contributed by atoms with Gasteiger partial charge in [0.05, 0.1) is 25.9 Å². The molecule has 180 valence electrons. The lowest BCUT2D eigenvalue weighted by Crippen LogP contribution is -2.55. The minimum Gasteiger partial charge on any atom is -0.394 e. The molecule has 0 spiro atoms. The maximum atomic E-state index is 12.8. The summed E-state index contributed by atoms with van der Waals surface area (Å²) in [5.41, 5.74) is -0.140. The molecule has 0 aromatic rings. The van der Waals surface area contributed by atoms with Gasteiger partial charge in [-0.1, -0.05) is 38.7 Å². The van der Waals surface area contributed by atoms with Crippen LogP contribution in [0.1, 0.15) is 65.2 Å². The molecular formula is C24H38N2O6. The van der Waals surface area contributed by atoms with Gasteiger partial charge >= 0.3 is 0 Å². The van der Waals surface area contributed by atoms with E-state index in [0.717, 1.165) is 30.8 Å². The van der Waals surface area contributed by atoms with Crippen LogP contribution in [-0.2, 0) is 19.1 Å². The SMILES string of the molecule is CC(C)C[C@H](NC(=O)[C@H](CO)NC(=O)/C=C1\CCC2CCCCC2C1)C(=O)[C@@]1(CO)CO1. The smallest absolute Gasteiger partial charge is 0.245 e. The highest BCUT2D eigenvalue weighted by atomic mass is 16.6. The second-order valence-corrected chi connectivity index (χ2v) is 10.1. The molecule has 32 heavy (non-hydrogen) atoms. The largest absolute Gasteiger partial charge is 0.394 e. The molecule has 3 rings (SSSR count). The van der Waals surface area contributed by atoms with E-state index in [2.05, 4.69) is 10.6 Å². The number of amides is 2. The van der Waals surface area contributed by atoms with E-state index >= 15 is 0 Å². The number of Topliss-reactive ketones (excluding diaryl/α,β-unsaturated/α-hetero) is 1. The summed E-state index contributed by atoms with van der Waals surface area (Å²) in [6.07, 6.45) is 9.96. The molecular weight excluding hydrogens is 412 g/mol. The molecule has 2 amide bonds. The number of aliphatic hydroxyl groups is 2. The van der Waals surface area contributed by atoms with Crippen LogP contribution in [-0.4, -0.2) is 65.3 Å². The summed E-state index contributed by atoms with van der Waals surface area (Å²) < 4.78 is 5.15. The second kappa shape index (κ2) is 10.9. The first-order valence-corrected chi connectivity index (χ1v) is 12.0. The average molecular weight is 451 g/mol. The van der Waals surface area contributed by atoms with Crippen LogP contribution in [0.2, 0.25) is 0 Å². The van der Waals surface area contributed by atoms with Gasteiger partial charge < -0.3 is 25.6 Å². The van der Waals surface area contributed by atoms with Crippen molar-refractivity contribution in [2.75, 3.05) is 19.8 Å². The predicted octanol–water partition coefficient (Wildman–Crippen LogP) is 1.24. The van der Waals surface area contributed by atoms with Gasteiger partial charge in [-0.05, 0) is 49.9 Å². The van der Waals surface area contributed by atoms with E-state index in [-0.39, 0.29) is 18.3 Å². The molecule has 5 atom stereocenters. The molecule has 1 saturated heterocycles. The monoisotopic (exact) mass is 450 g/mol. The summed E-state index contributed by atoms with van der Waals surface area (Å²) in [4.78, 5) is 38.1. The summed E-state index contributed by atoms with van der Waals surface area (Å²) >= 11 is 0. The van der Waals surface area contributed by atoms with E-state index in [1.807, 2.05) is 13.8 Å². The molecule has 2 saturated carbocycles. The van der Waals surface area contributed by atoms with Crippen molar-refractivity contribution in [3.63, 3.8) is 0 Å². The van der Waals surface area contributed by atoms with Gasteiger partial charge in [0.1, 0.15) is 6.04 Å². The molecule has 3 fully saturated rings. The van der Waals surface area contributed by atoms with Gasteiger partial charge in [-0.15, -0.1) is 0 Å². The zero-order valence-electron chi connectivity index (χ0n) is 19.3. The van der Waals surface area contributed by atoms with Gasteiger partial charge in [-0.2, -0.15) is 0 Å². The predicted molar refractivity (Wildman–Crippen MR) is 119 cm³/mol. The Morgan fingerprint density at radius 1 is 1.09 bits per heavy atom. The number of rotatable bonds is 10. The minimum absolute atomic E-state index is 0.112. The van der Waals surface area contributed by atoms with E-state index < -0.39 is 42.7 Å². The van der Waals surface area contributed by atoms with E-state index in [9.17, 15) is 24.6 Å². The topological polar surface area (TPSA) is 128 Å².